The molecular formula is C20H23N3O3. The summed E-state index contributed by atoms with van der Waals surface area (Å²) in [6.45, 7) is 3.34. The topological polar surface area (TPSA) is 71.9 Å². The van der Waals surface area contributed by atoms with Crippen LogP contribution >= 0.6 is 0 Å². The van der Waals surface area contributed by atoms with Crippen molar-refractivity contribution in [3.05, 3.63) is 64.7 Å². The summed E-state index contributed by atoms with van der Waals surface area (Å²) >= 11 is 0. The van der Waals surface area contributed by atoms with Gasteiger partial charge in [0.05, 0.1) is 6.61 Å². The molecular weight excluding hydrogens is 330 g/mol. The third kappa shape index (κ3) is 5.20. The van der Waals surface area contributed by atoms with E-state index < -0.39 is 0 Å². The minimum Gasteiger partial charge on any atom is -0.477 e. The van der Waals surface area contributed by atoms with Crippen molar-refractivity contribution in [1.29, 1.82) is 0 Å². The van der Waals surface area contributed by atoms with Gasteiger partial charge in [-0.1, -0.05) is 35.5 Å². The number of piperidine rings is 1. The Morgan fingerprint density at radius 3 is 2.69 bits per heavy atom. The molecule has 0 radical (unpaired) electrons. The van der Waals surface area contributed by atoms with Crippen LogP contribution in [-0.2, 0) is 6.54 Å². The fourth-order valence-electron chi connectivity index (χ4n) is 3.17. The van der Waals surface area contributed by atoms with Gasteiger partial charge in [0.25, 0.3) is 0 Å². The van der Waals surface area contributed by atoms with Gasteiger partial charge < -0.3 is 4.74 Å². The quantitative estimate of drug-likeness (QED) is 0.538. The van der Waals surface area contributed by atoms with Crippen molar-refractivity contribution in [2.45, 2.75) is 19.4 Å². The first-order valence-electron chi connectivity index (χ1n) is 8.92. The molecule has 0 amide bonds. The minimum atomic E-state index is -0.358. The van der Waals surface area contributed by atoms with Crippen LogP contribution in [0.15, 0.2) is 53.8 Å². The van der Waals surface area contributed by atoms with E-state index in [1.807, 2.05) is 6.07 Å². The lowest BCUT2D eigenvalue weighted by molar-refractivity contribution is 0.100. The molecule has 2 heterocycles. The average molecular weight is 353 g/mol. The lowest BCUT2D eigenvalue weighted by Crippen LogP contribution is -2.35. The fraction of sp³-hybridized carbons (Fsp3) is 0.400. The number of ether oxygens (including phenoxy) is 1. The zero-order valence-corrected chi connectivity index (χ0v) is 14.7. The van der Waals surface area contributed by atoms with Gasteiger partial charge in [-0.2, -0.15) is 4.91 Å². The van der Waals surface area contributed by atoms with Gasteiger partial charge in [-0.25, -0.2) is 4.98 Å². The molecule has 1 aliphatic rings. The SMILES string of the molecule is O=NCC(=O)c1ccnc(OCC2CCN(Cc3ccccc3)CC2)c1. The molecule has 1 fully saturated rings. The molecule has 6 nitrogen and oxygen atoms in total. The Morgan fingerprint density at radius 2 is 1.96 bits per heavy atom. The maximum atomic E-state index is 11.7. The predicted molar refractivity (Wildman–Crippen MR) is 99.2 cm³/mol. The second-order valence-corrected chi connectivity index (χ2v) is 6.61. The number of carbonyl (C=O) groups is 1. The number of hydrogen-bond donors (Lipinski definition) is 0. The zero-order valence-electron chi connectivity index (χ0n) is 14.7. The highest BCUT2D eigenvalue weighted by molar-refractivity contribution is 5.97. The Balaban J connectivity index is 1.44. The van der Waals surface area contributed by atoms with E-state index in [1.54, 1.807) is 12.1 Å². The summed E-state index contributed by atoms with van der Waals surface area (Å²) < 4.78 is 5.78. The summed E-state index contributed by atoms with van der Waals surface area (Å²) in [6.07, 6.45) is 3.69. The van der Waals surface area contributed by atoms with Crippen molar-refractivity contribution >= 4 is 5.78 Å². The number of nitrogens with zero attached hydrogens (tertiary/aromatic N) is 3. The molecule has 0 spiro atoms. The average Bonchev–Trinajstić information content (AvgIpc) is 2.69. The van der Waals surface area contributed by atoms with Crippen LogP contribution in [0.25, 0.3) is 0 Å². The molecule has 1 aliphatic heterocycles. The Labute approximate surface area is 153 Å². The van der Waals surface area contributed by atoms with Crippen molar-refractivity contribution < 1.29 is 9.53 Å². The number of aromatic nitrogens is 1. The second kappa shape index (κ2) is 9.20. The van der Waals surface area contributed by atoms with E-state index in [2.05, 4.69) is 39.3 Å². The molecule has 26 heavy (non-hydrogen) atoms. The Morgan fingerprint density at radius 1 is 1.19 bits per heavy atom. The zero-order chi connectivity index (χ0) is 18.2. The third-order valence-electron chi connectivity index (χ3n) is 4.69. The molecule has 0 N–H and O–H groups in total. The van der Waals surface area contributed by atoms with E-state index in [9.17, 15) is 9.70 Å². The Hall–Kier alpha value is -2.60. The van der Waals surface area contributed by atoms with E-state index in [0.29, 0.717) is 24.0 Å². The van der Waals surface area contributed by atoms with E-state index in [4.69, 9.17) is 4.74 Å². The molecule has 0 saturated carbocycles. The minimum absolute atomic E-state index is 0.318. The van der Waals surface area contributed by atoms with Crippen LogP contribution in [0.5, 0.6) is 5.88 Å². The molecule has 1 aromatic heterocycles. The first-order chi connectivity index (χ1) is 12.7. The molecule has 1 saturated heterocycles. The lowest BCUT2D eigenvalue weighted by Gasteiger charge is -2.31. The molecule has 3 rings (SSSR count). The van der Waals surface area contributed by atoms with E-state index in [-0.39, 0.29) is 12.3 Å². The van der Waals surface area contributed by atoms with E-state index >= 15 is 0 Å². The van der Waals surface area contributed by atoms with Crippen molar-refractivity contribution in [2.75, 3.05) is 26.2 Å². The molecule has 1 aromatic carbocycles. The number of pyridine rings is 1. The number of rotatable bonds is 8. The maximum Gasteiger partial charge on any atom is 0.213 e. The van der Waals surface area contributed by atoms with Gasteiger partial charge >= 0.3 is 0 Å². The normalized spacial score (nSPS) is 15.5. The number of carbonyl (C=O) groups excluding carboxylic acids is 1. The molecule has 6 heteroatoms. The van der Waals surface area contributed by atoms with Crippen LogP contribution in [0.2, 0.25) is 0 Å². The summed E-state index contributed by atoms with van der Waals surface area (Å²) in [5.41, 5.74) is 1.75. The van der Waals surface area contributed by atoms with Crippen LogP contribution in [0.3, 0.4) is 0 Å². The van der Waals surface area contributed by atoms with E-state index in [1.165, 1.54) is 11.8 Å². The summed E-state index contributed by atoms with van der Waals surface area (Å²) in [5.74, 6) is 0.592. The number of likely N-dealkylation sites (tertiary alicyclic amines) is 1. The molecule has 2 aromatic rings. The summed E-state index contributed by atoms with van der Waals surface area (Å²) in [6, 6.07) is 13.7. The Kier molecular flexibility index (Phi) is 6.44. The van der Waals surface area contributed by atoms with E-state index in [0.717, 1.165) is 32.5 Å². The maximum absolute atomic E-state index is 11.7. The lowest BCUT2D eigenvalue weighted by atomic mass is 9.97. The number of ketones is 1. The van der Waals surface area contributed by atoms with Crippen molar-refractivity contribution in [2.24, 2.45) is 11.1 Å². The van der Waals surface area contributed by atoms with Gasteiger partial charge in [0.2, 0.25) is 5.88 Å². The van der Waals surface area contributed by atoms with Gasteiger partial charge in [0.1, 0.15) is 6.54 Å². The Bertz CT molecular complexity index is 728. The molecule has 0 bridgehead atoms. The van der Waals surface area contributed by atoms with Crippen molar-refractivity contribution in [3.63, 3.8) is 0 Å². The predicted octanol–water partition coefficient (Wildman–Crippen LogP) is 3.32. The summed E-state index contributed by atoms with van der Waals surface area (Å²) in [5, 5.41) is 2.63. The van der Waals surface area contributed by atoms with Crippen LogP contribution in [-0.4, -0.2) is 41.9 Å². The fourth-order valence-corrected chi connectivity index (χ4v) is 3.17. The molecule has 136 valence electrons. The molecule has 0 aliphatic carbocycles. The summed E-state index contributed by atoms with van der Waals surface area (Å²) in [4.78, 5) is 28.5. The second-order valence-electron chi connectivity index (χ2n) is 6.61. The van der Waals surface area contributed by atoms with Crippen molar-refractivity contribution in [1.82, 2.24) is 9.88 Å². The number of hydrogen-bond acceptors (Lipinski definition) is 6. The number of Topliss-reactive ketones (excluding diaryl/α,β-unsaturated/α-hetero) is 1. The van der Waals surface area contributed by atoms with Crippen molar-refractivity contribution in [3.8, 4) is 5.88 Å². The monoisotopic (exact) mass is 353 g/mol. The highest BCUT2D eigenvalue weighted by atomic mass is 16.5. The van der Waals surface area contributed by atoms with Crippen LogP contribution in [0.1, 0.15) is 28.8 Å². The van der Waals surface area contributed by atoms with Crippen LogP contribution in [0, 0.1) is 10.8 Å². The highest BCUT2D eigenvalue weighted by Crippen LogP contribution is 2.20. The smallest absolute Gasteiger partial charge is 0.213 e. The first kappa shape index (κ1) is 18.2. The standard InChI is InChI=1S/C20H23N3O3/c24-19(13-22-25)18-6-9-21-20(12-18)26-15-17-7-10-23(11-8-17)14-16-4-2-1-3-5-16/h1-6,9,12,17H,7-8,10-11,13-15H2. The van der Waals surface area contributed by atoms with Crippen LogP contribution in [0.4, 0.5) is 0 Å². The highest BCUT2D eigenvalue weighted by Gasteiger charge is 2.20. The first-order valence-corrected chi connectivity index (χ1v) is 8.92. The van der Waals surface area contributed by atoms with Gasteiger partial charge in [0.15, 0.2) is 5.78 Å². The van der Waals surface area contributed by atoms with Crippen LogP contribution < -0.4 is 4.74 Å². The number of benzene rings is 1. The number of nitroso groups, excluding NO2 is 1. The van der Waals surface area contributed by atoms with Gasteiger partial charge in [-0.3, -0.25) is 9.69 Å². The third-order valence-corrected chi connectivity index (χ3v) is 4.69. The molecule has 0 unspecified atom stereocenters. The summed E-state index contributed by atoms with van der Waals surface area (Å²) in [7, 11) is 0. The van der Waals surface area contributed by atoms with Gasteiger partial charge in [0, 0.05) is 24.4 Å². The molecule has 0 atom stereocenters. The van der Waals surface area contributed by atoms with Gasteiger partial charge in [-0.15, -0.1) is 0 Å². The van der Waals surface area contributed by atoms with Gasteiger partial charge in [-0.05, 0) is 43.5 Å². The largest absolute Gasteiger partial charge is 0.477 e.